The second-order valence-electron chi connectivity index (χ2n) is 8.05. The highest BCUT2D eigenvalue weighted by Crippen LogP contribution is 2.35. The number of anilines is 1. The van der Waals surface area contributed by atoms with E-state index in [0.29, 0.717) is 58.5 Å². The second-order valence-corrected chi connectivity index (χ2v) is 11.2. The minimum absolute atomic E-state index is 0.0648. The van der Waals surface area contributed by atoms with E-state index in [2.05, 4.69) is 15.5 Å². The number of aromatic nitrogens is 2. The number of halogens is 1. The van der Waals surface area contributed by atoms with Gasteiger partial charge in [0.1, 0.15) is 5.82 Å². The molecule has 3 aromatic rings. The van der Waals surface area contributed by atoms with E-state index in [0.717, 1.165) is 0 Å². The second kappa shape index (κ2) is 9.32. The summed E-state index contributed by atoms with van der Waals surface area (Å²) in [5, 5.41) is 6.64. The van der Waals surface area contributed by atoms with Crippen molar-refractivity contribution in [2.45, 2.75) is 44.9 Å². The zero-order valence-electron chi connectivity index (χ0n) is 18.6. The van der Waals surface area contributed by atoms with E-state index in [1.807, 2.05) is 6.92 Å². The smallest absolute Gasteiger partial charge is 0.244 e. The molecule has 1 aliphatic heterocycles. The van der Waals surface area contributed by atoms with Gasteiger partial charge in [-0.1, -0.05) is 18.1 Å². The molecule has 0 saturated carbocycles. The zero-order valence-corrected chi connectivity index (χ0v) is 20.2. The van der Waals surface area contributed by atoms with Gasteiger partial charge >= 0.3 is 0 Å². The van der Waals surface area contributed by atoms with Crippen LogP contribution in [0.1, 0.15) is 36.1 Å². The number of hydrogen-bond donors (Lipinski definition) is 1. The van der Waals surface area contributed by atoms with Crippen molar-refractivity contribution in [2.75, 3.05) is 18.4 Å². The standard InChI is InChI=1S/C22H25FN4O4S2/c1-4-20-25-21(26-31-20)18-11-19(14(3)32-18)33(29,30)27-9-5-6-15(12-27)22(28)24-16-8-7-13(2)17(23)10-16/h7-8,10-11,15H,4-6,9,12H2,1-3H3,(H,24,28)/t15-/m0/s1. The van der Waals surface area contributed by atoms with Gasteiger partial charge < -0.3 is 9.84 Å². The first-order valence-corrected chi connectivity index (χ1v) is 12.9. The summed E-state index contributed by atoms with van der Waals surface area (Å²) in [5.41, 5.74) is 0.841. The van der Waals surface area contributed by atoms with E-state index in [1.54, 1.807) is 32.0 Å². The maximum absolute atomic E-state index is 13.8. The first-order valence-electron chi connectivity index (χ1n) is 10.7. The number of piperidine rings is 1. The molecule has 0 bridgehead atoms. The Bertz CT molecular complexity index is 1290. The lowest BCUT2D eigenvalue weighted by molar-refractivity contribution is -0.120. The molecular weight excluding hydrogens is 467 g/mol. The number of carbonyl (C=O) groups excluding carboxylic acids is 1. The molecule has 1 N–H and O–H groups in total. The van der Waals surface area contributed by atoms with Crippen LogP contribution in [0.2, 0.25) is 0 Å². The Hall–Kier alpha value is -2.63. The van der Waals surface area contributed by atoms with E-state index in [1.165, 1.54) is 21.7 Å². The van der Waals surface area contributed by atoms with Crippen LogP contribution in [-0.2, 0) is 21.2 Å². The maximum atomic E-state index is 13.8. The Morgan fingerprint density at radius 1 is 1.33 bits per heavy atom. The summed E-state index contributed by atoms with van der Waals surface area (Å²) in [6.07, 6.45) is 1.71. The highest BCUT2D eigenvalue weighted by atomic mass is 32.2. The summed E-state index contributed by atoms with van der Waals surface area (Å²) < 4.78 is 47.1. The molecule has 8 nitrogen and oxygen atoms in total. The molecular formula is C22H25FN4O4S2. The Balaban J connectivity index is 1.51. The Labute approximate surface area is 195 Å². The highest BCUT2D eigenvalue weighted by molar-refractivity contribution is 7.89. The lowest BCUT2D eigenvalue weighted by Gasteiger charge is -2.31. The fraction of sp³-hybridized carbons (Fsp3) is 0.409. The minimum Gasteiger partial charge on any atom is -0.339 e. The van der Waals surface area contributed by atoms with Crippen LogP contribution in [0.4, 0.5) is 10.1 Å². The van der Waals surface area contributed by atoms with Crippen molar-refractivity contribution in [2.24, 2.45) is 5.92 Å². The van der Waals surface area contributed by atoms with Crippen LogP contribution in [0.25, 0.3) is 10.7 Å². The van der Waals surface area contributed by atoms with Crippen LogP contribution in [0, 0.1) is 25.6 Å². The Morgan fingerprint density at radius 3 is 2.82 bits per heavy atom. The van der Waals surface area contributed by atoms with Gasteiger partial charge in [-0.05, 0) is 50.5 Å². The van der Waals surface area contributed by atoms with E-state index < -0.39 is 21.8 Å². The number of amides is 1. The van der Waals surface area contributed by atoms with Crippen LogP contribution >= 0.6 is 11.3 Å². The van der Waals surface area contributed by atoms with Crippen molar-refractivity contribution in [3.63, 3.8) is 0 Å². The topological polar surface area (TPSA) is 105 Å². The number of thiophene rings is 1. The van der Waals surface area contributed by atoms with Crippen molar-refractivity contribution in [1.29, 1.82) is 0 Å². The third-order valence-corrected chi connectivity index (χ3v) is 8.84. The summed E-state index contributed by atoms with van der Waals surface area (Å²) in [4.78, 5) is 18.5. The van der Waals surface area contributed by atoms with Gasteiger partial charge in [0.05, 0.1) is 15.7 Å². The zero-order chi connectivity index (χ0) is 23.8. The molecule has 0 spiro atoms. The third kappa shape index (κ3) is 4.85. The molecule has 1 atom stereocenters. The van der Waals surface area contributed by atoms with Gasteiger partial charge in [-0.3, -0.25) is 4.79 Å². The average Bonchev–Trinajstić information content (AvgIpc) is 3.43. The van der Waals surface area contributed by atoms with Gasteiger partial charge in [-0.25, -0.2) is 12.8 Å². The summed E-state index contributed by atoms with van der Waals surface area (Å²) >= 11 is 1.29. The molecule has 0 aliphatic carbocycles. The van der Waals surface area contributed by atoms with Gasteiger partial charge in [0.2, 0.25) is 27.6 Å². The summed E-state index contributed by atoms with van der Waals surface area (Å²) in [6.45, 7) is 5.67. The van der Waals surface area contributed by atoms with Crippen molar-refractivity contribution in [3.05, 3.63) is 46.4 Å². The van der Waals surface area contributed by atoms with Gasteiger partial charge in [0.25, 0.3) is 0 Å². The number of sulfonamides is 1. The number of hydrogen-bond acceptors (Lipinski definition) is 7. The van der Waals surface area contributed by atoms with E-state index >= 15 is 0 Å². The molecule has 1 fully saturated rings. The number of nitrogens with one attached hydrogen (secondary N) is 1. The van der Waals surface area contributed by atoms with E-state index in [4.69, 9.17) is 4.52 Å². The summed E-state index contributed by atoms with van der Waals surface area (Å²) in [5.74, 6) is -0.404. The first-order chi connectivity index (χ1) is 15.7. The fourth-order valence-corrected chi connectivity index (χ4v) is 6.77. The average molecular weight is 493 g/mol. The molecule has 33 heavy (non-hydrogen) atoms. The summed E-state index contributed by atoms with van der Waals surface area (Å²) in [7, 11) is -3.81. The predicted molar refractivity (Wildman–Crippen MR) is 123 cm³/mol. The molecule has 1 aliphatic rings. The molecule has 0 radical (unpaired) electrons. The predicted octanol–water partition coefficient (Wildman–Crippen LogP) is 4.16. The maximum Gasteiger partial charge on any atom is 0.244 e. The third-order valence-electron chi connectivity index (χ3n) is 5.68. The fourth-order valence-electron chi connectivity index (χ4n) is 3.76. The molecule has 4 rings (SSSR count). The van der Waals surface area contributed by atoms with E-state index in [-0.39, 0.29) is 17.3 Å². The number of rotatable bonds is 6. The van der Waals surface area contributed by atoms with Gasteiger partial charge in [-0.15, -0.1) is 11.3 Å². The number of benzene rings is 1. The molecule has 1 aromatic carbocycles. The van der Waals surface area contributed by atoms with Gasteiger partial charge in [-0.2, -0.15) is 9.29 Å². The monoisotopic (exact) mass is 492 g/mol. The molecule has 176 valence electrons. The van der Waals surface area contributed by atoms with Crippen LogP contribution in [-0.4, -0.2) is 41.9 Å². The van der Waals surface area contributed by atoms with Crippen molar-refractivity contribution < 1.29 is 22.1 Å². The van der Waals surface area contributed by atoms with Crippen LogP contribution in [0.15, 0.2) is 33.7 Å². The van der Waals surface area contributed by atoms with Crippen LogP contribution in [0.5, 0.6) is 0 Å². The molecule has 11 heteroatoms. The van der Waals surface area contributed by atoms with E-state index in [9.17, 15) is 17.6 Å². The normalized spacial score (nSPS) is 17.3. The lowest BCUT2D eigenvalue weighted by Crippen LogP contribution is -2.43. The molecule has 3 heterocycles. The van der Waals surface area contributed by atoms with Crippen LogP contribution < -0.4 is 5.32 Å². The number of aryl methyl sites for hydroxylation is 3. The van der Waals surface area contributed by atoms with Gasteiger partial charge in [0.15, 0.2) is 0 Å². The van der Waals surface area contributed by atoms with Crippen molar-refractivity contribution in [3.8, 4) is 10.7 Å². The molecule has 2 aromatic heterocycles. The Kier molecular flexibility index (Phi) is 6.64. The molecule has 0 unspecified atom stereocenters. The van der Waals surface area contributed by atoms with Gasteiger partial charge in [0, 0.05) is 30.1 Å². The summed E-state index contributed by atoms with van der Waals surface area (Å²) in [6, 6.07) is 6.06. The quantitative estimate of drug-likeness (QED) is 0.554. The SMILES string of the molecule is CCc1nc(-c2cc(S(=O)(=O)N3CCC[C@H](C(=O)Nc4ccc(C)c(F)c4)C3)c(C)s2)no1. The first kappa shape index (κ1) is 23.5. The highest BCUT2D eigenvalue weighted by Gasteiger charge is 2.35. The largest absolute Gasteiger partial charge is 0.339 e. The van der Waals surface area contributed by atoms with Crippen molar-refractivity contribution in [1.82, 2.24) is 14.4 Å². The number of nitrogens with zero attached hydrogens (tertiary/aromatic N) is 3. The lowest BCUT2D eigenvalue weighted by atomic mass is 9.98. The number of carbonyl (C=O) groups is 1. The van der Waals surface area contributed by atoms with Crippen LogP contribution in [0.3, 0.4) is 0 Å². The minimum atomic E-state index is -3.81. The molecule has 1 saturated heterocycles. The Morgan fingerprint density at radius 2 is 2.12 bits per heavy atom. The molecule has 1 amide bonds. The van der Waals surface area contributed by atoms with Crippen molar-refractivity contribution >= 4 is 33.0 Å².